The van der Waals surface area contributed by atoms with Crippen LogP contribution in [0.2, 0.25) is 0 Å². The van der Waals surface area contributed by atoms with Crippen LogP contribution in [0.5, 0.6) is 0 Å². The summed E-state index contributed by atoms with van der Waals surface area (Å²) in [5.41, 5.74) is 3.64. The molecular weight excluding hydrogens is 613 g/mol. The van der Waals surface area contributed by atoms with Gasteiger partial charge < -0.3 is 14.2 Å². The molecule has 0 unspecified atom stereocenters. The third kappa shape index (κ3) is 14.2. The van der Waals surface area contributed by atoms with Gasteiger partial charge in [0.05, 0.1) is 19.8 Å². The minimum Gasteiger partial charge on any atom is -0.379 e. The van der Waals surface area contributed by atoms with Crippen molar-refractivity contribution in [2.24, 2.45) is 0 Å². The zero-order chi connectivity index (χ0) is 34.8. The van der Waals surface area contributed by atoms with Crippen molar-refractivity contribution >= 4 is 0 Å². The summed E-state index contributed by atoms with van der Waals surface area (Å²) in [6, 6.07) is 42.0. The molecule has 0 saturated heterocycles. The van der Waals surface area contributed by atoms with Crippen molar-refractivity contribution in [1.29, 1.82) is 0 Å². The molecule has 0 aliphatic heterocycles. The lowest BCUT2D eigenvalue weighted by Crippen LogP contribution is -2.37. The number of ether oxygens (including phenoxy) is 3. The largest absolute Gasteiger partial charge is 0.379 e. The Morgan fingerprint density at radius 3 is 1.24 bits per heavy atom. The van der Waals surface area contributed by atoms with Crippen molar-refractivity contribution in [3.8, 4) is 0 Å². The van der Waals surface area contributed by atoms with E-state index in [9.17, 15) is 0 Å². The molecule has 0 aromatic heterocycles. The van der Waals surface area contributed by atoms with Gasteiger partial charge >= 0.3 is 0 Å². The van der Waals surface area contributed by atoms with Crippen molar-refractivity contribution in [2.75, 3.05) is 19.8 Å². The molecular formula is C47H64O3. The first-order chi connectivity index (χ1) is 24.8. The van der Waals surface area contributed by atoms with Crippen molar-refractivity contribution in [3.63, 3.8) is 0 Å². The number of rotatable bonds is 28. The Kier molecular flexibility index (Phi) is 19.6. The predicted molar refractivity (Wildman–Crippen MR) is 211 cm³/mol. The molecule has 50 heavy (non-hydrogen) atoms. The van der Waals surface area contributed by atoms with Crippen LogP contribution in [-0.2, 0) is 26.4 Å². The zero-order valence-electron chi connectivity index (χ0n) is 31.0. The third-order valence-corrected chi connectivity index (χ3v) is 9.80. The summed E-state index contributed by atoms with van der Waals surface area (Å²) in [7, 11) is 0. The highest BCUT2D eigenvalue weighted by molar-refractivity contribution is 5.47. The van der Waals surface area contributed by atoms with Crippen LogP contribution >= 0.6 is 0 Å². The molecule has 4 aromatic carbocycles. The molecule has 270 valence electrons. The standard InChI is InChI=1S/C47H64O3/c1-2-3-4-5-6-7-8-9-10-11-12-13-14-15-16-29-38-48-40-46(49-39-42-30-21-17-22-31-42)41-50-47(43-32-23-18-24-33-43,44-34-25-19-26-35-44)45-36-27-20-28-37-45/h17-28,30-37,46H,2-16,29,38-41H2,1H3/t46-/m1/s1. The van der Waals surface area contributed by atoms with E-state index < -0.39 is 5.60 Å². The van der Waals surface area contributed by atoms with E-state index in [2.05, 4.69) is 122 Å². The summed E-state index contributed by atoms with van der Waals surface area (Å²) >= 11 is 0. The quantitative estimate of drug-likeness (QED) is 0.0443. The second kappa shape index (κ2) is 24.8. The molecule has 0 aliphatic carbocycles. The van der Waals surface area contributed by atoms with Gasteiger partial charge in [-0.15, -0.1) is 0 Å². The number of hydrogen-bond acceptors (Lipinski definition) is 3. The number of hydrogen-bond donors (Lipinski definition) is 0. The van der Waals surface area contributed by atoms with E-state index in [0.717, 1.165) is 35.3 Å². The SMILES string of the molecule is CCCCCCCCCCCCCCCCCCOC[C@H](COC(c1ccccc1)(c1ccccc1)c1ccccc1)OCc1ccccc1. The normalized spacial score (nSPS) is 12.3. The van der Waals surface area contributed by atoms with E-state index in [-0.39, 0.29) is 6.10 Å². The molecule has 0 heterocycles. The Morgan fingerprint density at radius 2 is 0.820 bits per heavy atom. The van der Waals surface area contributed by atoms with Crippen LogP contribution < -0.4 is 0 Å². The third-order valence-electron chi connectivity index (χ3n) is 9.80. The van der Waals surface area contributed by atoms with E-state index in [1.165, 1.54) is 96.3 Å². The Labute approximate surface area is 304 Å². The molecule has 0 bridgehead atoms. The lowest BCUT2D eigenvalue weighted by Gasteiger charge is -2.37. The molecule has 0 N–H and O–H groups in total. The highest BCUT2D eigenvalue weighted by Crippen LogP contribution is 2.40. The molecule has 0 spiro atoms. The van der Waals surface area contributed by atoms with Gasteiger partial charge in [0.1, 0.15) is 11.7 Å². The fraction of sp³-hybridized carbons (Fsp3) is 0.489. The van der Waals surface area contributed by atoms with E-state index in [0.29, 0.717) is 19.8 Å². The molecule has 3 heteroatoms. The molecule has 0 aliphatic rings. The summed E-state index contributed by atoms with van der Waals surface area (Å²) in [5.74, 6) is 0. The second-order valence-corrected chi connectivity index (χ2v) is 13.9. The van der Waals surface area contributed by atoms with Crippen molar-refractivity contribution in [3.05, 3.63) is 144 Å². The van der Waals surface area contributed by atoms with Gasteiger partial charge in [-0.2, -0.15) is 0 Å². The van der Waals surface area contributed by atoms with E-state index >= 15 is 0 Å². The van der Waals surface area contributed by atoms with E-state index in [1.807, 2.05) is 6.07 Å². The van der Waals surface area contributed by atoms with Crippen LogP contribution in [0.3, 0.4) is 0 Å². The Bertz CT molecular complexity index is 1250. The topological polar surface area (TPSA) is 27.7 Å². The van der Waals surface area contributed by atoms with Crippen LogP contribution in [0.1, 0.15) is 132 Å². The lowest BCUT2D eigenvalue weighted by atomic mass is 9.80. The molecule has 0 fully saturated rings. The van der Waals surface area contributed by atoms with Crippen LogP contribution in [-0.4, -0.2) is 25.9 Å². The van der Waals surface area contributed by atoms with Gasteiger partial charge in [-0.3, -0.25) is 0 Å². The summed E-state index contributed by atoms with van der Waals surface area (Å²) < 4.78 is 19.9. The zero-order valence-corrected chi connectivity index (χ0v) is 31.0. The lowest BCUT2D eigenvalue weighted by molar-refractivity contribution is -0.0968. The highest BCUT2D eigenvalue weighted by atomic mass is 16.6. The van der Waals surface area contributed by atoms with Crippen molar-refractivity contribution in [1.82, 2.24) is 0 Å². The maximum atomic E-state index is 7.12. The molecule has 1 atom stereocenters. The van der Waals surface area contributed by atoms with Gasteiger partial charge in [0.15, 0.2) is 0 Å². The monoisotopic (exact) mass is 676 g/mol. The summed E-state index contributed by atoms with van der Waals surface area (Å²) in [6.07, 6.45) is 21.7. The number of unbranched alkanes of at least 4 members (excludes halogenated alkanes) is 15. The first kappa shape index (κ1) is 39.5. The minimum absolute atomic E-state index is 0.216. The first-order valence-corrected chi connectivity index (χ1v) is 19.9. The molecule has 0 saturated carbocycles. The van der Waals surface area contributed by atoms with Gasteiger partial charge in [0, 0.05) is 6.61 Å². The summed E-state index contributed by atoms with van der Waals surface area (Å²) in [6.45, 7) is 4.46. The van der Waals surface area contributed by atoms with Crippen molar-refractivity contribution < 1.29 is 14.2 Å². The Balaban J connectivity index is 1.24. The molecule has 0 amide bonds. The smallest absolute Gasteiger partial charge is 0.143 e. The van der Waals surface area contributed by atoms with Gasteiger partial charge in [-0.25, -0.2) is 0 Å². The van der Waals surface area contributed by atoms with Gasteiger partial charge in [0.2, 0.25) is 0 Å². The van der Waals surface area contributed by atoms with E-state index in [1.54, 1.807) is 0 Å². The molecule has 4 rings (SSSR count). The van der Waals surface area contributed by atoms with Crippen LogP contribution in [0, 0.1) is 0 Å². The average Bonchev–Trinajstić information content (AvgIpc) is 3.18. The van der Waals surface area contributed by atoms with E-state index in [4.69, 9.17) is 14.2 Å². The molecule has 3 nitrogen and oxygen atoms in total. The van der Waals surface area contributed by atoms with Crippen LogP contribution in [0.15, 0.2) is 121 Å². The highest BCUT2D eigenvalue weighted by Gasteiger charge is 2.38. The van der Waals surface area contributed by atoms with Gasteiger partial charge in [-0.05, 0) is 28.7 Å². The predicted octanol–water partition coefficient (Wildman–Crippen LogP) is 12.9. The van der Waals surface area contributed by atoms with Crippen molar-refractivity contribution in [2.45, 2.75) is 128 Å². The van der Waals surface area contributed by atoms with Crippen LogP contribution in [0.25, 0.3) is 0 Å². The maximum absolute atomic E-state index is 7.12. The van der Waals surface area contributed by atoms with Crippen LogP contribution in [0.4, 0.5) is 0 Å². The Hall–Kier alpha value is -3.24. The maximum Gasteiger partial charge on any atom is 0.143 e. The number of benzene rings is 4. The average molecular weight is 677 g/mol. The fourth-order valence-electron chi connectivity index (χ4n) is 6.89. The molecule has 4 aromatic rings. The summed E-state index contributed by atoms with van der Waals surface area (Å²) in [4.78, 5) is 0. The first-order valence-electron chi connectivity index (χ1n) is 19.9. The second-order valence-electron chi connectivity index (χ2n) is 13.9. The molecule has 0 radical (unpaired) electrons. The van der Waals surface area contributed by atoms with Gasteiger partial charge in [-0.1, -0.05) is 225 Å². The summed E-state index contributed by atoms with van der Waals surface area (Å²) in [5, 5.41) is 0. The Morgan fingerprint density at radius 1 is 0.440 bits per heavy atom. The van der Waals surface area contributed by atoms with Gasteiger partial charge in [0.25, 0.3) is 0 Å². The minimum atomic E-state index is -0.786. The fourth-order valence-corrected chi connectivity index (χ4v) is 6.89.